The number of rotatable bonds is 3. The van der Waals surface area contributed by atoms with Crippen molar-refractivity contribution in [2.24, 2.45) is 0 Å². The second-order valence-corrected chi connectivity index (χ2v) is 4.93. The third-order valence-electron chi connectivity index (χ3n) is 2.97. The molecule has 0 spiro atoms. The van der Waals surface area contributed by atoms with Crippen LogP contribution in [0.25, 0.3) is 10.9 Å². The first-order chi connectivity index (χ1) is 10.9. The lowest BCUT2D eigenvalue weighted by Gasteiger charge is -2.13. The van der Waals surface area contributed by atoms with Gasteiger partial charge < -0.3 is 9.47 Å². The average Bonchev–Trinajstić information content (AvgIpc) is 2.53. The second kappa shape index (κ2) is 7.06. The van der Waals surface area contributed by atoms with Gasteiger partial charge in [-0.3, -0.25) is 10.1 Å². The maximum absolute atomic E-state index is 12.3. The summed E-state index contributed by atoms with van der Waals surface area (Å²) in [4.78, 5) is 39.0. The van der Waals surface area contributed by atoms with Gasteiger partial charge in [0.2, 0.25) is 0 Å². The lowest BCUT2D eigenvalue weighted by molar-refractivity contribution is -0.128. The largest absolute Gasteiger partial charge is 0.453 e. The minimum absolute atomic E-state index is 0.127. The molecule has 1 aromatic heterocycles. The topological polar surface area (TPSA) is 94.6 Å². The molecule has 0 aliphatic heterocycles. The zero-order chi connectivity index (χ0) is 17.0. The predicted molar refractivity (Wildman–Crippen MR) is 82.2 cm³/mol. The molecule has 23 heavy (non-hydrogen) atoms. The molecule has 0 saturated heterocycles. The monoisotopic (exact) mass is 336 g/mol. The van der Waals surface area contributed by atoms with E-state index in [-0.39, 0.29) is 10.7 Å². The van der Waals surface area contributed by atoms with Crippen LogP contribution < -0.4 is 5.32 Å². The maximum atomic E-state index is 12.3. The predicted octanol–water partition coefficient (Wildman–Crippen LogP) is 2.32. The summed E-state index contributed by atoms with van der Waals surface area (Å²) < 4.78 is 9.36. The summed E-state index contributed by atoms with van der Waals surface area (Å²) in [5.74, 6) is -1.55. The number of carbonyl (C=O) groups is 3. The fraction of sp³-hybridized carbons (Fsp3) is 0.200. The lowest BCUT2D eigenvalue weighted by atomic mass is 10.1. The van der Waals surface area contributed by atoms with E-state index in [1.54, 1.807) is 24.3 Å². The number of para-hydroxylation sites is 1. The number of fused-ring (bicyclic) bond motifs is 1. The van der Waals surface area contributed by atoms with Gasteiger partial charge in [-0.05, 0) is 19.1 Å². The molecular weight excluding hydrogens is 324 g/mol. The Morgan fingerprint density at radius 1 is 1.26 bits per heavy atom. The Hall–Kier alpha value is -2.67. The van der Waals surface area contributed by atoms with Crippen molar-refractivity contribution in [2.75, 3.05) is 7.11 Å². The summed E-state index contributed by atoms with van der Waals surface area (Å²) >= 11 is 5.90. The minimum Gasteiger partial charge on any atom is -0.453 e. The highest BCUT2D eigenvalue weighted by Gasteiger charge is 2.22. The van der Waals surface area contributed by atoms with Gasteiger partial charge >= 0.3 is 12.1 Å². The number of alkyl carbamates (subject to hydrolysis) is 1. The SMILES string of the molecule is COC(=O)NC(=O)[C@@H](C)OC(=O)c1cc(Cl)nc2ccccc12. The fourth-order valence-electron chi connectivity index (χ4n) is 1.84. The van der Waals surface area contributed by atoms with Crippen molar-refractivity contribution in [1.29, 1.82) is 0 Å². The van der Waals surface area contributed by atoms with E-state index in [9.17, 15) is 14.4 Å². The normalized spacial score (nSPS) is 11.6. The summed E-state index contributed by atoms with van der Waals surface area (Å²) in [6.07, 6.45) is -2.12. The Morgan fingerprint density at radius 3 is 2.65 bits per heavy atom. The molecule has 0 aliphatic carbocycles. The number of esters is 1. The molecule has 0 fully saturated rings. The molecule has 1 N–H and O–H groups in total. The third-order valence-corrected chi connectivity index (χ3v) is 3.16. The molecule has 0 bridgehead atoms. The number of benzene rings is 1. The first-order valence-electron chi connectivity index (χ1n) is 6.57. The summed E-state index contributed by atoms with van der Waals surface area (Å²) in [7, 11) is 1.12. The van der Waals surface area contributed by atoms with Crippen LogP contribution in [0.4, 0.5) is 4.79 Å². The number of pyridine rings is 1. The fourth-order valence-corrected chi connectivity index (χ4v) is 2.04. The molecule has 2 amide bonds. The molecular formula is C15H13ClN2O5. The first-order valence-corrected chi connectivity index (χ1v) is 6.95. The van der Waals surface area contributed by atoms with Crippen LogP contribution in [-0.4, -0.2) is 36.2 Å². The number of nitrogens with zero attached hydrogens (tertiary/aromatic N) is 1. The number of methoxy groups -OCH3 is 1. The average molecular weight is 337 g/mol. The molecule has 0 aliphatic rings. The van der Waals surface area contributed by atoms with Gasteiger partial charge in [0.25, 0.3) is 5.91 Å². The van der Waals surface area contributed by atoms with Gasteiger partial charge in [0.15, 0.2) is 6.10 Å². The third kappa shape index (κ3) is 3.95. The molecule has 7 nitrogen and oxygen atoms in total. The number of ether oxygens (including phenoxy) is 2. The molecule has 8 heteroatoms. The van der Waals surface area contributed by atoms with Gasteiger partial charge in [0, 0.05) is 5.39 Å². The molecule has 2 aromatic rings. The summed E-state index contributed by atoms with van der Waals surface area (Å²) in [6, 6.07) is 8.24. The van der Waals surface area contributed by atoms with E-state index >= 15 is 0 Å². The number of hydrogen-bond donors (Lipinski definition) is 1. The molecule has 1 heterocycles. The van der Waals surface area contributed by atoms with Gasteiger partial charge in [-0.15, -0.1) is 0 Å². The van der Waals surface area contributed by atoms with Gasteiger partial charge in [0.1, 0.15) is 5.15 Å². The van der Waals surface area contributed by atoms with Crippen molar-refractivity contribution in [2.45, 2.75) is 13.0 Å². The van der Waals surface area contributed by atoms with E-state index in [4.69, 9.17) is 16.3 Å². The molecule has 120 valence electrons. The van der Waals surface area contributed by atoms with Crippen molar-refractivity contribution in [1.82, 2.24) is 10.3 Å². The van der Waals surface area contributed by atoms with E-state index < -0.39 is 24.1 Å². The quantitative estimate of drug-likeness (QED) is 0.682. The van der Waals surface area contributed by atoms with E-state index in [1.807, 2.05) is 5.32 Å². The Kier molecular flexibility index (Phi) is 5.13. The van der Waals surface area contributed by atoms with E-state index in [1.165, 1.54) is 13.0 Å². The summed E-state index contributed by atoms with van der Waals surface area (Å²) in [5, 5.41) is 2.59. The number of carbonyl (C=O) groups excluding carboxylic acids is 3. The minimum atomic E-state index is -1.19. The van der Waals surface area contributed by atoms with Crippen LogP contribution >= 0.6 is 11.6 Å². The van der Waals surface area contributed by atoms with Crippen LogP contribution in [0.3, 0.4) is 0 Å². The van der Waals surface area contributed by atoms with Crippen LogP contribution in [-0.2, 0) is 14.3 Å². The van der Waals surface area contributed by atoms with Gasteiger partial charge in [-0.1, -0.05) is 29.8 Å². The van der Waals surface area contributed by atoms with Crippen LogP contribution in [0.1, 0.15) is 17.3 Å². The zero-order valence-corrected chi connectivity index (χ0v) is 13.1. The molecule has 1 atom stereocenters. The molecule has 1 aromatic carbocycles. The number of halogens is 1. The number of amides is 2. The molecule has 2 rings (SSSR count). The lowest BCUT2D eigenvalue weighted by Crippen LogP contribution is -2.39. The maximum Gasteiger partial charge on any atom is 0.413 e. The summed E-state index contributed by atoms with van der Waals surface area (Å²) in [6.45, 7) is 1.33. The van der Waals surface area contributed by atoms with E-state index in [0.29, 0.717) is 10.9 Å². The smallest absolute Gasteiger partial charge is 0.413 e. The van der Waals surface area contributed by atoms with Crippen molar-refractivity contribution < 1.29 is 23.9 Å². The van der Waals surface area contributed by atoms with Crippen molar-refractivity contribution >= 4 is 40.5 Å². The molecule has 0 saturated carbocycles. The van der Waals surface area contributed by atoms with Gasteiger partial charge in [-0.25, -0.2) is 14.6 Å². The highest BCUT2D eigenvalue weighted by atomic mass is 35.5. The van der Waals surface area contributed by atoms with Crippen LogP contribution in [0.2, 0.25) is 5.15 Å². The van der Waals surface area contributed by atoms with Crippen molar-refractivity contribution in [3.63, 3.8) is 0 Å². The van der Waals surface area contributed by atoms with Crippen molar-refractivity contribution in [3.05, 3.63) is 41.0 Å². The van der Waals surface area contributed by atoms with Crippen LogP contribution in [0, 0.1) is 0 Å². The first kappa shape index (κ1) is 16.7. The number of aromatic nitrogens is 1. The van der Waals surface area contributed by atoms with Crippen molar-refractivity contribution in [3.8, 4) is 0 Å². The van der Waals surface area contributed by atoms with E-state index in [2.05, 4.69) is 9.72 Å². The molecule has 0 radical (unpaired) electrons. The summed E-state index contributed by atoms with van der Waals surface area (Å²) in [5.41, 5.74) is 0.705. The van der Waals surface area contributed by atoms with Crippen LogP contribution in [0.15, 0.2) is 30.3 Å². The number of nitrogens with one attached hydrogen (secondary N) is 1. The standard InChI is InChI=1S/C15H13ClN2O5/c1-8(13(19)18-15(21)22-2)23-14(20)10-7-12(16)17-11-6-4-3-5-9(10)11/h3-8H,1-2H3,(H,18,19,21)/t8-/m1/s1. The van der Waals surface area contributed by atoms with Gasteiger partial charge in [0.05, 0.1) is 18.2 Å². The highest BCUT2D eigenvalue weighted by molar-refractivity contribution is 6.30. The Balaban J connectivity index is 2.21. The zero-order valence-electron chi connectivity index (χ0n) is 12.3. The Bertz CT molecular complexity index is 778. The van der Waals surface area contributed by atoms with E-state index in [0.717, 1.165) is 7.11 Å². The number of imide groups is 1. The van der Waals surface area contributed by atoms with Crippen LogP contribution in [0.5, 0.6) is 0 Å². The Labute approximate surface area is 136 Å². The Morgan fingerprint density at radius 2 is 1.96 bits per heavy atom. The number of hydrogen-bond acceptors (Lipinski definition) is 6. The second-order valence-electron chi connectivity index (χ2n) is 4.54. The van der Waals surface area contributed by atoms with Gasteiger partial charge in [-0.2, -0.15) is 0 Å². The molecule has 0 unspecified atom stereocenters. The highest BCUT2D eigenvalue weighted by Crippen LogP contribution is 2.21.